The van der Waals surface area contributed by atoms with E-state index in [1.165, 1.54) is 23.3 Å². The second kappa shape index (κ2) is 10.8. The van der Waals surface area contributed by atoms with Gasteiger partial charge in [-0.15, -0.1) is 10.2 Å². The number of nitrogens with one attached hydrogen (secondary N) is 2. The molecule has 32 heavy (non-hydrogen) atoms. The summed E-state index contributed by atoms with van der Waals surface area (Å²) < 4.78 is 3.24. The number of benzene rings is 3. The van der Waals surface area contributed by atoms with E-state index in [4.69, 9.17) is 23.2 Å². The number of halogens is 2. The molecular weight excluding hydrogens is 483 g/mol. The average Bonchev–Trinajstić information content (AvgIpc) is 3.30. The second-order valence-electron chi connectivity index (χ2n) is 6.76. The zero-order valence-corrected chi connectivity index (χ0v) is 19.9. The molecule has 4 rings (SSSR count). The van der Waals surface area contributed by atoms with Gasteiger partial charge in [0.25, 0.3) is 5.91 Å². The summed E-state index contributed by atoms with van der Waals surface area (Å²) in [5.74, 6) is -0.235. The van der Waals surface area contributed by atoms with Crippen molar-refractivity contribution in [3.63, 3.8) is 0 Å². The van der Waals surface area contributed by atoms with Gasteiger partial charge in [0.15, 0.2) is 0 Å². The molecule has 1 aromatic heterocycles. The van der Waals surface area contributed by atoms with Crippen molar-refractivity contribution in [3.05, 3.63) is 94.0 Å². The van der Waals surface area contributed by atoms with Gasteiger partial charge >= 0.3 is 0 Å². The summed E-state index contributed by atoms with van der Waals surface area (Å²) in [5, 5.41) is 13.8. The minimum Gasteiger partial charge on any atom is -0.352 e. The van der Waals surface area contributed by atoms with Gasteiger partial charge in [0.2, 0.25) is 5.13 Å². The lowest BCUT2D eigenvalue weighted by Crippen LogP contribution is -2.26. The van der Waals surface area contributed by atoms with Gasteiger partial charge in [0.1, 0.15) is 5.01 Å². The van der Waals surface area contributed by atoms with Crippen molar-refractivity contribution in [1.82, 2.24) is 15.5 Å². The van der Waals surface area contributed by atoms with Crippen LogP contribution in [0, 0.1) is 0 Å². The lowest BCUT2D eigenvalue weighted by atomic mass is 10.1. The molecule has 162 valence electrons. The lowest BCUT2D eigenvalue weighted by Gasteiger charge is -2.08. The molecule has 0 saturated carbocycles. The molecule has 5 nitrogen and oxygen atoms in total. The first-order valence-electron chi connectivity index (χ1n) is 9.72. The van der Waals surface area contributed by atoms with E-state index >= 15 is 0 Å². The van der Waals surface area contributed by atoms with E-state index in [2.05, 4.69) is 20.2 Å². The third-order valence-electron chi connectivity index (χ3n) is 4.50. The summed E-state index contributed by atoms with van der Waals surface area (Å²) in [6, 6.07) is 23.0. The monoisotopic (exact) mass is 500 g/mol. The predicted octanol–water partition coefficient (Wildman–Crippen LogP) is 6.60. The predicted molar refractivity (Wildman–Crippen MR) is 134 cm³/mol. The van der Waals surface area contributed by atoms with Crippen LogP contribution in [0.25, 0.3) is 10.6 Å². The Bertz CT molecular complexity index is 1200. The average molecular weight is 501 g/mol. The fraction of sp³-hybridized carbons (Fsp3) is 0.0870. The molecule has 0 radical (unpaired) electrons. The van der Waals surface area contributed by atoms with E-state index in [1.54, 1.807) is 18.2 Å². The molecule has 9 heteroatoms. The van der Waals surface area contributed by atoms with Gasteiger partial charge in [0, 0.05) is 22.0 Å². The number of rotatable bonds is 8. The van der Waals surface area contributed by atoms with Crippen LogP contribution in [0.5, 0.6) is 0 Å². The van der Waals surface area contributed by atoms with Crippen LogP contribution in [0.1, 0.15) is 15.9 Å². The first-order valence-corrected chi connectivity index (χ1v) is 12.1. The van der Waals surface area contributed by atoms with Gasteiger partial charge in [-0.25, -0.2) is 0 Å². The molecule has 1 amide bonds. The van der Waals surface area contributed by atoms with Crippen LogP contribution in [0.15, 0.2) is 77.7 Å². The van der Waals surface area contributed by atoms with Gasteiger partial charge in [-0.3, -0.25) is 4.79 Å². The summed E-state index contributed by atoms with van der Waals surface area (Å²) in [4.78, 5) is 13.4. The van der Waals surface area contributed by atoms with Crippen molar-refractivity contribution in [1.29, 1.82) is 0 Å². The molecule has 0 saturated heterocycles. The summed E-state index contributed by atoms with van der Waals surface area (Å²) in [5.41, 5.74) is 2.55. The molecule has 3 aromatic carbocycles. The number of carbonyl (C=O) groups excluding carboxylic acids is 1. The Hall–Kier alpha value is -2.58. The highest BCUT2D eigenvalue weighted by Crippen LogP contribution is 2.29. The number of anilines is 1. The molecule has 0 spiro atoms. The summed E-state index contributed by atoms with van der Waals surface area (Å²) in [6.07, 6.45) is 0.707. The van der Waals surface area contributed by atoms with Crippen LogP contribution in [0.2, 0.25) is 10.0 Å². The maximum Gasteiger partial charge on any atom is 0.252 e. The van der Waals surface area contributed by atoms with Gasteiger partial charge in [0.05, 0.1) is 10.6 Å². The fourth-order valence-electron chi connectivity index (χ4n) is 2.88. The Morgan fingerprint density at radius 3 is 2.53 bits per heavy atom. The van der Waals surface area contributed by atoms with Crippen LogP contribution < -0.4 is 10.0 Å². The summed E-state index contributed by atoms with van der Waals surface area (Å²) >= 11 is 15.0. The normalized spacial score (nSPS) is 10.7. The van der Waals surface area contributed by atoms with Crippen molar-refractivity contribution < 1.29 is 4.79 Å². The maximum absolute atomic E-state index is 12.3. The minimum atomic E-state index is -0.235. The first kappa shape index (κ1) is 22.6. The SMILES string of the molecule is O=C(NCCc1ccc(SNc2nnc(-c3ccccc3)s2)cc1)c1cc(Cl)ccc1Cl. The summed E-state index contributed by atoms with van der Waals surface area (Å²) in [7, 11) is 0. The highest BCUT2D eigenvalue weighted by atomic mass is 35.5. The van der Waals surface area contributed by atoms with E-state index in [0.29, 0.717) is 28.6 Å². The number of hydrogen-bond acceptors (Lipinski definition) is 6. The quantitative estimate of drug-likeness (QED) is 0.266. The van der Waals surface area contributed by atoms with Gasteiger partial charge in [-0.05, 0) is 54.3 Å². The number of carbonyl (C=O) groups is 1. The molecule has 0 atom stereocenters. The Kier molecular flexibility index (Phi) is 7.65. The van der Waals surface area contributed by atoms with Crippen molar-refractivity contribution in [2.75, 3.05) is 11.3 Å². The van der Waals surface area contributed by atoms with Crippen molar-refractivity contribution in [2.24, 2.45) is 0 Å². The Balaban J connectivity index is 1.25. The minimum absolute atomic E-state index is 0.235. The summed E-state index contributed by atoms with van der Waals surface area (Å²) in [6.45, 7) is 0.499. The van der Waals surface area contributed by atoms with Crippen molar-refractivity contribution in [2.45, 2.75) is 11.3 Å². The van der Waals surface area contributed by atoms with Gasteiger partial charge in [-0.2, -0.15) is 0 Å². The molecule has 0 aliphatic carbocycles. The third kappa shape index (κ3) is 6.01. The van der Waals surface area contributed by atoms with E-state index in [0.717, 1.165) is 26.2 Å². The Labute approximate surface area is 204 Å². The molecule has 0 aliphatic heterocycles. The van der Waals surface area contributed by atoms with E-state index in [9.17, 15) is 4.79 Å². The molecule has 2 N–H and O–H groups in total. The van der Waals surface area contributed by atoms with Crippen molar-refractivity contribution >= 4 is 57.5 Å². The molecule has 0 bridgehead atoms. The lowest BCUT2D eigenvalue weighted by molar-refractivity contribution is 0.0954. The highest BCUT2D eigenvalue weighted by molar-refractivity contribution is 8.00. The molecule has 4 aromatic rings. The number of amides is 1. The fourth-order valence-corrected chi connectivity index (χ4v) is 4.66. The number of hydrogen-bond donors (Lipinski definition) is 2. The van der Waals surface area contributed by atoms with Crippen LogP contribution in [-0.2, 0) is 6.42 Å². The van der Waals surface area contributed by atoms with E-state index < -0.39 is 0 Å². The number of aromatic nitrogens is 2. The van der Waals surface area contributed by atoms with Crippen LogP contribution in [-0.4, -0.2) is 22.6 Å². The van der Waals surface area contributed by atoms with Crippen LogP contribution >= 0.6 is 46.5 Å². The van der Waals surface area contributed by atoms with Crippen LogP contribution in [0.3, 0.4) is 0 Å². The standard InChI is InChI=1S/C23H18Cl2N4OS2/c24-17-8-11-20(25)19(14-17)21(30)26-13-12-15-6-9-18(10-7-15)32-29-23-28-27-22(31-23)16-4-2-1-3-5-16/h1-11,14H,12-13H2,(H,26,30)(H,28,29). The van der Waals surface area contributed by atoms with Gasteiger partial charge in [-0.1, -0.05) is 77.0 Å². The molecular formula is C23H18Cl2N4OS2. The first-order chi connectivity index (χ1) is 15.6. The molecule has 0 fully saturated rings. The van der Waals surface area contributed by atoms with Gasteiger partial charge < -0.3 is 10.0 Å². The largest absolute Gasteiger partial charge is 0.352 e. The van der Waals surface area contributed by atoms with E-state index in [1.807, 2.05) is 54.6 Å². The zero-order valence-electron chi connectivity index (χ0n) is 16.7. The van der Waals surface area contributed by atoms with E-state index in [-0.39, 0.29) is 5.91 Å². The smallest absolute Gasteiger partial charge is 0.252 e. The maximum atomic E-state index is 12.3. The molecule has 0 unspecified atom stereocenters. The van der Waals surface area contributed by atoms with Crippen LogP contribution in [0.4, 0.5) is 5.13 Å². The Morgan fingerprint density at radius 2 is 1.75 bits per heavy atom. The third-order valence-corrected chi connectivity index (χ3v) is 6.88. The number of nitrogens with zero attached hydrogens (tertiary/aromatic N) is 2. The molecule has 1 heterocycles. The molecule has 0 aliphatic rings. The highest BCUT2D eigenvalue weighted by Gasteiger charge is 2.10. The topological polar surface area (TPSA) is 66.9 Å². The second-order valence-corrected chi connectivity index (χ2v) is 9.46. The zero-order chi connectivity index (χ0) is 22.3. The Morgan fingerprint density at radius 1 is 0.969 bits per heavy atom. The van der Waals surface area contributed by atoms with Crippen molar-refractivity contribution in [3.8, 4) is 10.6 Å².